The predicted molar refractivity (Wildman–Crippen MR) is 72.3 cm³/mol. The van der Waals surface area contributed by atoms with Gasteiger partial charge >= 0.3 is 5.97 Å². The highest BCUT2D eigenvalue weighted by molar-refractivity contribution is 5.82. The third-order valence-corrected chi connectivity index (χ3v) is 2.65. The molecule has 1 amide bonds. The van der Waals surface area contributed by atoms with Gasteiger partial charge in [0.25, 0.3) is 5.91 Å². The number of ether oxygens (including phenoxy) is 2. The fourth-order valence-electron chi connectivity index (χ4n) is 1.43. The summed E-state index contributed by atoms with van der Waals surface area (Å²) in [4.78, 5) is 22.7. The minimum atomic E-state index is -1.38. The zero-order valence-corrected chi connectivity index (χ0v) is 11.8. The first-order chi connectivity index (χ1) is 9.43. The molecule has 0 aromatic heterocycles. The summed E-state index contributed by atoms with van der Waals surface area (Å²) in [6, 6.07) is 7.28. The van der Waals surface area contributed by atoms with Crippen molar-refractivity contribution in [2.45, 2.75) is 26.1 Å². The van der Waals surface area contributed by atoms with Crippen molar-refractivity contribution in [3.8, 4) is 5.75 Å². The molecule has 0 heterocycles. The molecular formula is C14H19NO5. The third kappa shape index (κ3) is 4.89. The van der Waals surface area contributed by atoms with Crippen LogP contribution in [0.4, 0.5) is 0 Å². The van der Waals surface area contributed by atoms with Gasteiger partial charge in [-0.25, -0.2) is 4.79 Å². The molecule has 20 heavy (non-hydrogen) atoms. The largest absolute Gasteiger partial charge is 0.481 e. The first-order valence-corrected chi connectivity index (χ1v) is 6.21. The maximum Gasteiger partial charge on any atom is 0.336 e. The maximum atomic E-state index is 11.7. The van der Waals surface area contributed by atoms with E-state index in [1.54, 1.807) is 19.1 Å². The molecule has 1 aromatic rings. The molecule has 0 fully saturated rings. The molecule has 2 atom stereocenters. The molecule has 0 aliphatic carbocycles. The van der Waals surface area contributed by atoms with Gasteiger partial charge in [-0.3, -0.25) is 4.79 Å². The molecule has 0 aliphatic rings. The highest BCUT2D eigenvalue weighted by Gasteiger charge is 2.19. The Hall–Kier alpha value is -2.08. The summed E-state index contributed by atoms with van der Waals surface area (Å²) in [5.41, 5.74) is 1.09. The Morgan fingerprint density at radius 2 is 1.90 bits per heavy atom. The van der Waals surface area contributed by atoms with Crippen molar-refractivity contribution in [3.63, 3.8) is 0 Å². The number of aliphatic hydroxyl groups excluding tert-OH is 1. The van der Waals surface area contributed by atoms with Crippen molar-refractivity contribution >= 4 is 11.9 Å². The lowest BCUT2D eigenvalue weighted by Gasteiger charge is -2.16. The molecule has 0 spiro atoms. The van der Waals surface area contributed by atoms with Crippen LogP contribution < -0.4 is 10.1 Å². The lowest BCUT2D eigenvalue weighted by molar-refractivity contribution is -0.150. The fourth-order valence-corrected chi connectivity index (χ4v) is 1.43. The average molecular weight is 281 g/mol. The number of carbonyl (C=O) groups excluding carboxylic acids is 2. The standard InChI is InChI=1S/C14H19NO5/c1-9-4-6-11(7-5-9)20-10(2)13(17)15-8-12(16)14(18)19-3/h4-7,10,12,16H,8H2,1-3H3,(H,15,17). The molecular weight excluding hydrogens is 262 g/mol. The quantitative estimate of drug-likeness (QED) is 0.738. The van der Waals surface area contributed by atoms with Crippen LogP contribution in [0.3, 0.4) is 0 Å². The lowest BCUT2D eigenvalue weighted by atomic mass is 10.2. The van der Waals surface area contributed by atoms with E-state index in [0.29, 0.717) is 5.75 Å². The van der Waals surface area contributed by atoms with E-state index < -0.39 is 24.1 Å². The predicted octanol–water partition coefficient (Wildman–Crippen LogP) is 0.412. The number of hydrogen-bond acceptors (Lipinski definition) is 5. The van der Waals surface area contributed by atoms with Crippen LogP contribution in [0.2, 0.25) is 0 Å². The second-order valence-corrected chi connectivity index (χ2v) is 4.36. The fraction of sp³-hybridized carbons (Fsp3) is 0.429. The van der Waals surface area contributed by atoms with Crippen LogP contribution in [0.15, 0.2) is 24.3 Å². The molecule has 6 nitrogen and oxygen atoms in total. The highest BCUT2D eigenvalue weighted by atomic mass is 16.5. The van der Waals surface area contributed by atoms with Crippen LogP contribution in [0.1, 0.15) is 12.5 Å². The number of hydrogen-bond donors (Lipinski definition) is 2. The Balaban J connectivity index is 2.43. The summed E-state index contributed by atoms with van der Waals surface area (Å²) in [6.45, 7) is 3.32. The number of benzene rings is 1. The number of aliphatic hydroxyl groups is 1. The second kappa shape index (κ2) is 7.49. The van der Waals surface area contributed by atoms with Gasteiger partial charge in [0.15, 0.2) is 12.2 Å². The first kappa shape index (κ1) is 16.0. The number of nitrogens with one attached hydrogen (secondary N) is 1. The third-order valence-electron chi connectivity index (χ3n) is 2.65. The summed E-state index contributed by atoms with van der Waals surface area (Å²) >= 11 is 0. The van der Waals surface area contributed by atoms with Gasteiger partial charge in [-0.2, -0.15) is 0 Å². The lowest BCUT2D eigenvalue weighted by Crippen LogP contribution is -2.42. The van der Waals surface area contributed by atoms with Gasteiger partial charge in [0, 0.05) is 0 Å². The Kier molecular flexibility index (Phi) is 5.99. The van der Waals surface area contributed by atoms with E-state index in [4.69, 9.17) is 4.74 Å². The number of rotatable bonds is 6. The molecule has 0 bridgehead atoms. The molecule has 0 radical (unpaired) electrons. The van der Waals surface area contributed by atoms with E-state index in [-0.39, 0.29) is 6.54 Å². The number of aryl methyl sites for hydroxylation is 1. The summed E-state index contributed by atoms with van der Waals surface area (Å²) in [6.07, 6.45) is -2.11. The van der Waals surface area contributed by atoms with Gasteiger partial charge in [0.1, 0.15) is 5.75 Å². The summed E-state index contributed by atoms with van der Waals surface area (Å²) in [7, 11) is 1.16. The topological polar surface area (TPSA) is 84.9 Å². The number of carbonyl (C=O) groups is 2. The summed E-state index contributed by atoms with van der Waals surface area (Å²) in [5.74, 6) is -0.641. The molecule has 6 heteroatoms. The number of esters is 1. The number of methoxy groups -OCH3 is 1. The van der Waals surface area contributed by atoms with Gasteiger partial charge in [-0.15, -0.1) is 0 Å². The van der Waals surface area contributed by atoms with Crippen LogP contribution >= 0.6 is 0 Å². The van der Waals surface area contributed by atoms with Crippen molar-refractivity contribution in [2.75, 3.05) is 13.7 Å². The SMILES string of the molecule is COC(=O)C(O)CNC(=O)C(C)Oc1ccc(C)cc1. The van der Waals surface area contributed by atoms with E-state index in [9.17, 15) is 14.7 Å². The van der Waals surface area contributed by atoms with E-state index in [1.165, 1.54) is 0 Å². The first-order valence-electron chi connectivity index (χ1n) is 6.21. The van der Waals surface area contributed by atoms with Crippen LogP contribution in [-0.2, 0) is 14.3 Å². The van der Waals surface area contributed by atoms with Gasteiger partial charge in [-0.1, -0.05) is 17.7 Å². The van der Waals surface area contributed by atoms with E-state index in [0.717, 1.165) is 12.7 Å². The molecule has 1 aromatic carbocycles. The molecule has 2 unspecified atom stereocenters. The molecule has 2 N–H and O–H groups in total. The number of amides is 1. The molecule has 0 saturated carbocycles. The van der Waals surface area contributed by atoms with Crippen molar-refractivity contribution in [1.82, 2.24) is 5.32 Å². The van der Waals surface area contributed by atoms with Crippen LogP contribution in [0, 0.1) is 6.92 Å². The monoisotopic (exact) mass is 281 g/mol. The molecule has 0 saturated heterocycles. The Bertz CT molecular complexity index is 457. The van der Waals surface area contributed by atoms with Crippen LogP contribution in [0.5, 0.6) is 5.75 Å². The molecule has 1 rings (SSSR count). The minimum Gasteiger partial charge on any atom is -0.481 e. The van der Waals surface area contributed by atoms with E-state index >= 15 is 0 Å². The van der Waals surface area contributed by atoms with Crippen LogP contribution in [-0.4, -0.2) is 42.8 Å². The Morgan fingerprint density at radius 1 is 1.30 bits per heavy atom. The summed E-state index contributed by atoms with van der Waals surface area (Å²) < 4.78 is 9.78. The van der Waals surface area contributed by atoms with Gasteiger partial charge in [0.2, 0.25) is 0 Å². The Morgan fingerprint density at radius 3 is 2.45 bits per heavy atom. The van der Waals surface area contributed by atoms with Crippen molar-refractivity contribution in [1.29, 1.82) is 0 Å². The average Bonchev–Trinajstić information content (AvgIpc) is 2.45. The molecule has 0 aliphatic heterocycles. The zero-order chi connectivity index (χ0) is 15.1. The normalized spacial score (nSPS) is 13.2. The van der Waals surface area contributed by atoms with E-state index in [1.807, 2.05) is 19.1 Å². The van der Waals surface area contributed by atoms with Crippen LogP contribution in [0.25, 0.3) is 0 Å². The van der Waals surface area contributed by atoms with Gasteiger partial charge in [0.05, 0.1) is 13.7 Å². The van der Waals surface area contributed by atoms with Crippen molar-refractivity contribution < 1.29 is 24.2 Å². The van der Waals surface area contributed by atoms with Crippen molar-refractivity contribution in [2.24, 2.45) is 0 Å². The minimum absolute atomic E-state index is 0.215. The van der Waals surface area contributed by atoms with E-state index in [2.05, 4.69) is 10.1 Å². The Labute approximate surface area is 117 Å². The summed E-state index contributed by atoms with van der Waals surface area (Å²) in [5, 5.41) is 11.8. The molecule has 110 valence electrons. The van der Waals surface area contributed by atoms with Crippen molar-refractivity contribution in [3.05, 3.63) is 29.8 Å². The van der Waals surface area contributed by atoms with Gasteiger partial charge in [-0.05, 0) is 26.0 Å². The zero-order valence-electron chi connectivity index (χ0n) is 11.8. The maximum absolute atomic E-state index is 11.7. The van der Waals surface area contributed by atoms with Gasteiger partial charge < -0.3 is 19.9 Å². The second-order valence-electron chi connectivity index (χ2n) is 4.36. The smallest absolute Gasteiger partial charge is 0.336 e. The highest BCUT2D eigenvalue weighted by Crippen LogP contribution is 2.13.